The molecule has 18 heavy (non-hydrogen) atoms. The van der Waals surface area contributed by atoms with E-state index in [1.54, 1.807) is 11.1 Å². The van der Waals surface area contributed by atoms with Crippen molar-refractivity contribution in [2.75, 3.05) is 7.05 Å². The Balaban J connectivity index is 1.78. The van der Waals surface area contributed by atoms with Gasteiger partial charge in [0.05, 0.1) is 0 Å². The van der Waals surface area contributed by atoms with Crippen molar-refractivity contribution >= 4 is 0 Å². The maximum atomic E-state index is 3.56. The zero-order chi connectivity index (χ0) is 12.4. The molecule has 0 heterocycles. The van der Waals surface area contributed by atoms with Gasteiger partial charge < -0.3 is 5.32 Å². The van der Waals surface area contributed by atoms with Crippen molar-refractivity contribution in [1.82, 2.24) is 5.32 Å². The lowest BCUT2D eigenvalue weighted by Gasteiger charge is -2.33. The van der Waals surface area contributed by atoms with Crippen LogP contribution in [0.4, 0.5) is 0 Å². The first-order valence-electron chi connectivity index (χ1n) is 7.64. The van der Waals surface area contributed by atoms with Gasteiger partial charge in [-0.3, -0.25) is 0 Å². The smallest absolute Gasteiger partial charge is 0.0323 e. The van der Waals surface area contributed by atoms with Gasteiger partial charge in [0.15, 0.2) is 0 Å². The fraction of sp³-hybridized carbons (Fsp3) is 0.647. The van der Waals surface area contributed by atoms with Crippen molar-refractivity contribution in [3.05, 3.63) is 35.4 Å². The number of benzene rings is 1. The molecule has 0 bridgehead atoms. The molecule has 0 aromatic heterocycles. The monoisotopic (exact) mass is 243 g/mol. The van der Waals surface area contributed by atoms with Gasteiger partial charge >= 0.3 is 0 Å². The summed E-state index contributed by atoms with van der Waals surface area (Å²) in [7, 11) is 2.13. The van der Waals surface area contributed by atoms with Crippen molar-refractivity contribution < 1.29 is 0 Å². The summed E-state index contributed by atoms with van der Waals surface area (Å²) in [6, 6.07) is 9.72. The molecular formula is C17H25N. The quantitative estimate of drug-likeness (QED) is 0.808. The van der Waals surface area contributed by atoms with Crippen LogP contribution in [0, 0.1) is 5.92 Å². The molecule has 1 aromatic rings. The highest BCUT2D eigenvalue weighted by atomic mass is 14.9. The summed E-state index contributed by atoms with van der Waals surface area (Å²) in [5.74, 6) is 1.82. The molecule has 0 spiro atoms. The van der Waals surface area contributed by atoms with Gasteiger partial charge in [0.1, 0.15) is 0 Å². The lowest BCUT2D eigenvalue weighted by Crippen LogP contribution is -2.25. The summed E-state index contributed by atoms with van der Waals surface area (Å²) >= 11 is 0. The fourth-order valence-electron chi connectivity index (χ4n) is 3.38. The molecule has 0 saturated heterocycles. The molecule has 2 aliphatic rings. The second-order valence-corrected chi connectivity index (χ2v) is 6.13. The normalized spacial score (nSPS) is 22.3. The highest BCUT2D eigenvalue weighted by Gasteiger charge is 2.27. The van der Waals surface area contributed by atoms with Crippen molar-refractivity contribution in [3.63, 3.8) is 0 Å². The minimum Gasteiger partial charge on any atom is -0.313 e. The van der Waals surface area contributed by atoms with E-state index in [4.69, 9.17) is 0 Å². The van der Waals surface area contributed by atoms with Crippen LogP contribution in [0.1, 0.15) is 68.0 Å². The lowest BCUT2D eigenvalue weighted by molar-refractivity contribution is 0.264. The summed E-state index contributed by atoms with van der Waals surface area (Å²) in [6.07, 6.45) is 9.90. The molecule has 2 saturated carbocycles. The van der Waals surface area contributed by atoms with E-state index in [1.165, 1.54) is 44.9 Å². The summed E-state index contributed by atoms with van der Waals surface area (Å²) in [6.45, 7) is 0. The van der Waals surface area contributed by atoms with Crippen LogP contribution in [0.15, 0.2) is 24.3 Å². The molecule has 0 aliphatic heterocycles. The number of nitrogens with one attached hydrogen (secondary N) is 1. The highest BCUT2D eigenvalue weighted by Crippen LogP contribution is 2.41. The van der Waals surface area contributed by atoms with E-state index >= 15 is 0 Å². The van der Waals surface area contributed by atoms with E-state index in [2.05, 4.69) is 36.6 Å². The standard InChI is InChI=1S/C17H25N/c1-18-17(12-13-6-4-7-13)16-11-3-2-10-15(16)14-8-5-9-14/h2-3,10-11,13-14,17-18H,4-9,12H2,1H3. The van der Waals surface area contributed by atoms with E-state index in [1.807, 2.05) is 0 Å². The Kier molecular flexibility index (Phi) is 3.69. The van der Waals surface area contributed by atoms with Crippen molar-refractivity contribution in [3.8, 4) is 0 Å². The first-order valence-corrected chi connectivity index (χ1v) is 7.64. The zero-order valence-electron chi connectivity index (χ0n) is 11.5. The lowest BCUT2D eigenvalue weighted by atomic mass is 9.74. The molecule has 1 N–H and O–H groups in total. The van der Waals surface area contributed by atoms with Crippen LogP contribution in [0.2, 0.25) is 0 Å². The van der Waals surface area contributed by atoms with Crippen LogP contribution in [0.25, 0.3) is 0 Å². The number of rotatable bonds is 5. The van der Waals surface area contributed by atoms with E-state index in [0.29, 0.717) is 6.04 Å². The van der Waals surface area contributed by atoms with Gasteiger partial charge in [0.25, 0.3) is 0 Å². The molecule has 2 aliphatic carbocycles. The van der Waals surface area contributed by atoms with Gasteiger partial charge in [0, 0.05) is 6.04 Å². The van der Waals surface area contributed by atoms with Gasteiger partial charge in [-0.1, -0.05) is 49.9 Å². The van der Waals surface area contributed by atoms with Gasteiger partial charge in [-0.15, -0.1) is 0 Å². The third kappa shape index (κ3) is 2.33. The second-order valence-electron chi connectivity index (χ2n) is 6.13. The molecular weight excluding hydrogens is 218 g/mol. The Morgan fingerprint density at radius 2 is 1.83 bits per heavy atom. The molecule has 1 atom stereocenters. The van der Waals surface area contributed by atoms with E-state index in [9.17, 15) is 0 Å². The molecule has 1 unspecified atom stereocenters. The summed E-state index contributed by atoms with van der Waals surface area (Å²) in [5.41, 5.74) is 3.21. The van der Waals surface area contributed by atoms with Crippen LogP contribution in [-0.2, 0) is 0 Å². The third-order valence-corrected chi connectivity index (χ3v) is 5.06. The molecule has 1 aromatic carbocycles. The summed E-state index contributed by atoms with van der Waals surface area (Å²) in [5, 5.41) is 3.56. The minimum atomic E-state index is 0.576. The van der Waals surface area contributed by atoms with E-state index in [0.717, 1.165) is 11.8 Å². The largest absolute Gasteiger partial charge is 0.313 e. The topological polar surface area (TPSA) is 12.0 Å². The molecule has 0 radical (unpaired) electrons. The van der Waals surface area contributed by atoms with Crippen LogP contribution in [0.5, 0.6) is 0 Å². The Morgan fingerprint density at radius 3 is 2.39 bits per heavy atom. The molecule has 1 nitrogen and oxygen atoms in total. The van der Waals surface area contributed by atoms with Crippen LogP contribution in [-0.4, -0.2) is 7.05 Å². The molecule has 2 fully saturated rings. The van der Waals surface area contributed by atoms with Gasteiger partial charge in [-0.2, -0.15) is 0 Å². The summed E-state index contributed by atoms with van der Waals surface area (Å²) in [4.78, 5) is 0. The highest BCUT2D eigenvalue weighted by molar-refractivity contribution is 5.34. The fourth-order valence-corrected chi connectivity index (χ4v) is 3.38. The zero-order valence-corrected chi connectivity index (χ0v) is 11.5. The first kappa shape index (κ1) is 12.2. The average Bonchev–Trinajstić information content (AvgIpc) is 2.27. The minimum absolute atomic E-state index is 0.576. The predicted octanol–water partition coefficient (Wildman–Crippen LogP) is 4.40. The van der Waals surface area contributed by atoms with Crippen molar-refractivity contribution in [2.24, 2.45) is 5.92 Å². The Bertz CT molecular complexity index is 390. The molecule has 98 valence electrons. The first-order chi connectivity index (χ1) is 8.88. The summed E-state index contributed by atoms with van der Waals surface area (Å²) < 4.78 is 0. The average molecular weight is 243 g/mol. The Hall–Kier alpha value is -0.820. The van der Waals surface area contributed by atoms with Crippen molar-refractivity contribution in [1.29, 1.82) is 0 Å². The van der Waals surface area contributed by atoms with Crippen molar-refractivity contribution in [2.45, 2.75) is 56.9 Å². The Labute approximate surface area is 111 Å². The van der Waals surface area contributed by atoms with E-state index in [-0.39, 0.29) is 0 Å². The SMILES string of the molecule is CNC(CC1CCC1)c1ccccc1C1CCC1. The Morgan fingerprint density at radius 1 is 1.11 bits per heavy atom. The van der Waals surface area contributed by atoms with Gasteiger partial charge in [-0.05, 0) is 49.3 Å². The van der Waals surface area contributed by atoms with Crippen LogP contribution < -0.4 is 5.32 Å². The maximum Gasteiger partial charge on any atom is 0.0323 e. The number of hydrogen-bond donors (Lipinski definition) is 1. The maximum absolute atomic E-state index is 3.56. The predicted molar refractivity (Wildman–Crippen MR) is 76.8 cm³/mol. The number of hydrogen-bond acceptors (Lipinski definition) is 1. The molecule has 1 heteroatoms. The molecule has 0 amide bonds. The van der Waals surface area contributed by atoms with Gasteiger partial charge in [0.2, 0.25) is 0 Å². The molecule has 3 rings (SSSR count). The van der Waals surface area contributed by atoms with Gasteiger partial charge in [-0.25, -0.2) is 0 Å². The van der Waals surface area contributed by atoms with Crippen LogP contribution in [0.3, 0.4) is 0 Å². The van der Waals surface area contributed by atoms with Crippen LogP contribution >= 0.6 is 0 Å². The second kappa shape index (κ2) is 5.44. The third-order valence-electron chi connectivity index (χ3n) is 5.06. The van der Waals surface area contributed by atoms with E-state index < -0.39 is 0 Å².